The van der Waals surface area contributed by atoms with E-state index >= 15 is 0 Å². The van der Waals surface area contributed by atoms with Gasteiger partial charge in [-0.05, 0) is 19.3 Å². The highest BCUT2D eigenvalue weighted by molar-refractivity contribution is 4.78. The van der Waals surface area contributed by atoms with Gasteiger partial charge in [0.15, 0.2) is 0 Å². The smallest absolute Gasteiger partial charge is 0.00762 e. The van der Waals surface area contributed by atoms with Crippen molar-refractivity contribution in [3.8, 4) is 0 Å². The number of rotatable bonds is 5. The van der Waals surface area contributed by atoms with Crippen LogP contribution >= 0.6 is 0 Å². The molecule has 52 valence electrons. The SMILES string of the molecule is C=CCC[C@H](N)CC=C. The van der Waals surface area contributed by atoms with Crippen molar-refractivity contribution < 1.29 is 0 Å². The monoisotopic (exact) mass is 125 g/mol. The standard InChI is InChI=1S/C8H15N/c1-3-5-7-8(9)6-4-2/h3-4,8H,1-2,5-7,9H2/t8-/m1/s1. The van der Waals surface area contributed by atoms with Crippen LogP contribution in [0.2, 0.25) is 0 Å². The summed E-state index contributed by atoms with van der Waals surface area (Å²) in [5.74, 6) is 0. The average molecular weight is 125 g/mol. The van der Waals surface area contributed by atoms with Crippen molar-refractivity contribution in [3.63, 3.8) is 0 Å². The van der Waals surface area contributed by atoms with E-state index < -0.39 is 0 Å². The summed E-state index contributed by atoms with van der Waals surface area (Å²) in [4.78, 5) is 0. The lowest BCUT2D eigenvalue weighted by Crippen LogP contribution is -2.17. The minimum absolute atomic E-state index is 0.278. The fourth-order valence-electron chi connectivity index (χ4n) is 0.664. The van der Waals surface area contributed by atoms with E-state index in [4.69, 9.17) is 5.73 Å². The second kappa shape index (κ2) is 5.57. The van der Waals surface area contributed by atoms with Gasteiger partial charge in [-0.15, -0.1) is 13.2 Å². The van der Waals surface area contributed by atoms with Gasteiger partial charge in [0, 0.05) is 6.04 Å². The lowest BCUT2D eigenvalue weighted by Gasteiger charge is -2.04. The van der Waals surface area contributed by atoms with Gasteiger partial charge in [0.05, 0.1) is 0 Å². The molecule has 0 rings (SSSR count). The molecule has 0 fully saturated rings. The van der Waals surface area contributed by atoms with Gasteiger partial charge < -0.3 is 5.73 Å². The zero-order chi connectivity index (χ0) is 7.11. The Morgan fingerprint density at radius 3 is 2.44 bits per heavy atom. The van der Waals surface area contributed by atoms with Crippen molar-refractivity contribution in [2.75, 3.05) is 0 Å². The molecule has 1 heteroatoms. The predicted octanol–water partition coefficient (Wildman–Crippen LogP) is 1.86. The molecule has 0 aliphatic rings. The Kier molecular flexibility index (Phi) is 5.23. The summed E-state index contributed by atoms with van der Waals surface area (Å²) in [6.07, 6.45) is 6.69. The third-order valence-electron chi connectivity index (χ3n) is 1.21. The van der Waals surface area contributed by atoms with E-state index in [0.29, 0.717) is 0 Å². The van der Waals surface area contributed by atoms with Crippen LogP contribution in [-0.2, 0) is 0 Å². The number of hydrogen-bond acceptors (Lipinski definition) is 1. The first-order chi connectivity index (χ1) is 4.31. The van der Waals surface area contributed by atoms with Crippen LogP contribution in [0.15, 0.2) is 25.3 Å². The Morgan fingerprint density at radius 1 is 1.33 bits per heavy atom. The second-order valence-corrected chi connectivity index (χ2v) is 2.15. The van der Waals surface area contributed by atoms with Gasteiger partial charge in [-0.2, -0.15) is 0 Å². The molecule has 0 amide bonds. The molecule has 0 heterocycles. The van der Waals surface area contributed by atoms with E-state index in [1.54, 1.807) is 0 Å². The van der Waals surface area contributed by atoms with Gasteiger partial charge in [0.1, 0.15) is 0 Å². The zero-order valence-electron chi connectivity index (χ0n) is 5.84. The summed E-state index contributed by atoms with van der Waals surface area (Å²) in [7, 11) is 0. The minimum Gasteiger partial charge on any atom is -0.327 e. The minimum atomic E-state index is 0.278. The third-order valence-corrected chi connectivity index (χ3v) is 1.21. The molecular formula is C8H15N. The quantitative estimate of drug-likeness (QED) is 0.557. The Hall–Kier alpha value is -0.560. The van der Waals surface area contributed by atoms with Crippen LogP contribution in [-0.4, -0.2) is 6.04 Å². The highest BCUT2D eigenvalue weighted by Crippen LogP contribution is 1.98. The maximum atomic E-state index is 5.65. The molecule has 1 nitrogen and oxygen atoms in total. The van der Waals surface area contributed by atoms with Gasteiger partial charge >= 0.3 is 0 Å². The largest absolute Gasteiger partial charge is 0.327 e. The van der Waals surface area contributed by atoms with Crippen molar-refractivity contribution in [3.05, 3.63) is 25.3 Å². The molecule has 1 atom stereocenters. The molecule has 0 aromatic rings. The lowest BCUT2D eigenvalue weighted by atomic mass is 10.1. The molecule has 0 saturated heterocycles. The van der Waals surface area contributed by atoms with Crippen molar-refractivity contribution in [2.24, 2.45) is 5.73 Å². The average Bonchev–Trinajstić information content (AvgIpc) is 1.85. The van der Waals surface area contributed by atoms with Crippen LogP contribution in [0.1, 0.15) is 19.3 Å². The summed E-state index contributed by atoms with van der Waals surface area (Å²) in [5.41, 5.74) is 5.65. The number of allylic oxidation sites excluding steroid dienone is 1. The summed E-state index contributed by atoms with van der Waals surface area (Å²) in [5, 5.41) is 0. The molecule has 0 spiro atoms. The Bertz CT molecular complexity index is 86.6. The van der Waals surface area contributed by atoms with Crippen LogP contribution in [0.5, 0.6) is 0 Å². The molecule has 0 saturated carbocycles. The Morgan fingerprint density at radius 2 is 2.00 bits per heavy atom. The fraction of sp³-hybridized carbons (Fsp3) is 0.500. The number of hydrogen-bond donors (Lipinski definition) is 1. The Balaban J connectivity index is 3.14. The van der Waals surface area contributed by atoms with E-state index in [2.05, 4.69) is 13.2 Å². The van der Waals surface area contributed by atoms with E-state index in [9.17, 15) is 0 Å². The predicted molar refractivity (Wildman–Crippen MR) is 42.2 cm³/mol. The molecule has 0 aliphatic carbocycles. The van der Waals surface area contributed by atoms with Crippen LogP contribution in [0.25, 0.3) is 0 Å². The lowest BCUT2D eigenvalue weighted by molar-refractivity contribution is 0.630. The molecule has 0 aliphatic heterocycles. The van der Waals surface area contributed by atoms with Crippen LogP contribution < -0.4 is 5.73 Å². The zero-order valence-corrected chi connectivity index (χ0v) is 5.84. The summed E-state index contributed by atoms with van der Waals surface area (Å²) >= 11 is 0. The molecule has 0 aromatic heterocycles. The summed E-state index contributed by atoms with van der Waals surface area (Å²) in [6.45, 7) is 7.21. The third kappa shape index (κ3) is 5.31. The molecule has 0 bridgehead atoms. The molecule has 2 N–H and O–H groups in total. The van der Waals surface area contributed by atoms with Gasteiger partial charge in [-0.1, -0.05) is 12.2 Å². The molecular weight excluding hydrogens is 110 g/mol. The van der Waals surface area contributed by atoms with Gasteiger partial charge in [0.2, 0.25) is 0 Å². The molecule has 9 heavy (non-hydrogen) atoms. The van der Waals surface area contributed by atoms with Gasteiger partial charge in [-0.25, -0.2) is 0 Å². The van der Waals surface area contributed by atoms with Crippen molar-refractivity contribution in [1.82, 2.24) is 0 Å². The van der Waals surface area contributed by atoms with Crippen LogP contribution in [0.3, 0.4) is 0 Å². The fourth-order valence-corrected chi connectivity index (χ4v) is 0.664. The van der Waals surface area contributed by atoms with E-state index in [1.807, 2.05) is 12.2 Å². The first-order valence-corrected chi connectivity index (χ1v) is 3.28. The highest BCUT2D eigenvalue weighted by atomic mass is 14.6. The molecule has 0 radical (unpaired) electrons. The van der Waals surface area contributed by atoms with E-state index in [1.165, 1.54) is 0 Å². The van der Waals surface area contributed by atoms with Crippen LogP contribution in [0, 0.1) is 0 Å². The summed E-state index contributed by atoms with van der Waals surface area (Å²) < 4.78 is 0. The van der Waals surface area contributed by atoms with Crippen molar-refractivity contribution >= 4 is 0 Å². The van der Waals surface area contributed by atoms with Gasteiger partial charge in [-0.3, -0.25) is 0 Å². The molecule has 0 aromatic carbocycles. The first-order valence-electron chi connectivity index (χ1n) is 3.28. The van der Waals surface area contributed by atoms with E-state index in [0.717, 1.165) is 19.3 Å². The maximum absolute atomic E-state index is 5.65. The first kappa shape index (κ1) is 8.44. The van der Waals surface area contributed by atoms with E-state index in [-0.39, 0.29) is 6.04 Å². The highest BCUT2D eigenvalue weighted by Gasteiger charge is 1.95. The van der Waals surface area contributed by atoms with Crippen LogP contribution in [0.4, 0.5) is 0 Å². The second-order valence-electron chi connectivity index (χ2n) is 2.15. The topological polar surface area (TPSA) is 26.0 Å². The summed E-state index contributed by atoms with van der Waals surface area (Å²) in [6, 6.07) is 0.278. The van der Waals surface area contributed by atoms with Crippen molar-refractivity contribution in [2.45, 2.75) is 25.3 Å². The van der Waals surface area contributed by atoms with Gasteiger partial charge in [0.25, 0.3) is 0 Å². The van der Waals surface area contributed by atoms with Crippen molar-refractivity contribution in [1.29, 1.82) is 0 Å². The molecule has 0 unspecified atom stereocenters. The number of nitrogens with two attached hydrogens (primary N) is 1. The normalized spacial score (nSPS) is 12.6. The maximum Gasteiger partial charge on any atom is 0.00762 e. The Labute approximate surface area is 57.3 Å².